The fourth-order valence-corrected chi connectivity index (χ4v) is 5.26. The van der Waals surface area contributed by atoms with Gasteiger partial charge in [-0.05, 0) is 30.4 Å². The lowest BCUT2D eigenvalue weighted by molar-refractivity contribution is -0.127. The number of rotatable bonds is 5. The maximum Gasteiger partial charge on any atom is 0.223 e. The number of carbonyl (C=O) groups excluding carboxylic acids is 1. The van der Waals surface area contributed by atoms with Crippen molar-refractivity contribution in [2.75, 3.05) is 18.5 Å². The Kier molecular flexibility index (Phi) is 5.48. The van der Waals surface area contributed by atoms with Crippen LogP contribution in [0.1, 0.15) is 32.1 Å². The quantitative estimate of drug-likeness (QED) is 0.783. The van der Waals surface area contributed by atoms with Gasteiger partial charge in [-0.2, -0.15) is 0 Å². The van der Waals surface area contributed by atoms with Crippen LogP contribution in [0.2, 0.25) is 0 Å². The molecule has 1 aliphatic carbocycles. The standard InChI is InChI=1S/C21H26N4O3S/c26-20(13-5-2-1-3-6-13)23-15-11-27-19-16(12-28-18(15)19)25-21-22-9-8-14(24-21)17-7-4-10-29-17/h4,7-10,13,15-16,18-19H,1-3,5-6,11-12H2,(H,23,26)(H,22,24,25)/t15-,16+,18-,19+/m0/s1. The van der Waals surface area contributed by atoms with E-state index in [-0.39, 0.29) is 36.1 Å². The van der Waals surface area contributed by atoms with Gasteiger partial charge in [0.2, 0.25) is 11.9 Å². The number of thiophene rings is 1. The zero-order valence-electron chi connectivity index (χ0n) is 16.3. The number of ether oxygens (including phenoxy) is 2. The lowest BCUT2D eigenvalue weighted by Crippen LogP contribution is -2.47. The van der Waals surface area contributed by atoms with Gasteiger partial charge in [0.25, 0.3) is 0 Å². The molecule has 3 fully saturated rings. The molecule has 0 unspecified atom stereocenters. The Bertz CT molecular complexity index is 840. The van der Waals surface area contributed by atoms with Gasteiger partial charge in [0, 0.05) is 12.1 Å². The zero-order valence-corrected chi connectivity index (χ0v) is 17.1. The van der Waals surface area contributed by atoms with Crippen LogP contribution in [-0.4, -0.2) is 53.4 Å². The fourth-order valence-electron chi connectivity index (χ4n) is 4.57. The minimum absolute atomic E-state index is 0.0323. The van der Waals surface area contributed by atoms with Crippen molar-refractivity contribution in [1.82, 2.24) is 15.3 Å². The van der Waals surface area contributed by atoms with Crippen molar-refractivity contribution in [1.29, 1.82) is 0 Å². The molecule has 0 aromatic carbocycles. The van der Waals surface area contributed by atoms with Crippen molar-refractivity contribution in [2.24, 2.45) is 5.92 Å². The first-order chi connectivity index (χ1) is 14.3. The highest BCUT2D eigenvalue weighted by atomic mass is 32.1. The van der Waals surface area contributed by atoms with Gasteiger partial charge in [-0.15, -0.1) is 11.3 Å². The molecular weight excluding hydrogens is 388 g/mol. The summed E-state index contributed by atoms with van der Waals surface area (Å²) in [6, 6.07) is 5.85. The second-order valence-electron chi connectivity index (χ2n) is 8.04. The van der Waals surface area contributed by atoms with Gasteiger partial charge < -0.3 is 20.1 Å². The molecule has 0 radical (unpaired) electrons. The van der Waals surface area contributed by atoms with Crippen LogP contribution in [0.15, 0.2) is 29.8 Å². The molecule has 1 amide bonds. The summed E-state index contributed by atoms with van der Waals surface area (Å²) in [4.78, 5) is 22.7. The largest absolute Gasteiger partial charge is 0.371 e. The summed E-state index contributed by atoms with van der Waals surface area (Å²) in [5.41, 5.74) is 0.901. The Morgan fingerprint density at radius 1 is 1.07 bits per heavy atom. The summed E-state index contributed by atoms with van der Waals surface area (Å²) < 4.78 is 12.0. The third-order valence-corrected chi connectivity index (χ3v) is 6.99. The smallest absolute Gasteiger partial charge is 0.223 e. The lowest BCUT2D eigenvalue weighted by atomic mass is 9.88. The molecule has 29 heavy (non-hydrogen) atoms. The molecule has 2 N–H and O–H groups in total. The molecule has 154 valence electrons. The topological polar surface area (TPSA) is 85.4 Å². The molecule has 2 aromatic rings. The van der Waals surface area contributed by atoms with E-state index in [0.717, 1.165) is 36.3 Å². The molecule has 2 aliphatic heterocycles. The monoisotopic (exact) mass is 414 g/mol. The minimum atomic E-state index is -0.125. The van der Waals surface area contributed by atoms with Crippen molar-refractivity contribution < 1.29 is 14.3 Å². The molecule has 5 rings (SSSR count). The van der Waals surface area contributed by atoms with E-state index < -0.39 is 0 Å². The maximum atomic E-state index is 12.6. The summed E-state index contributed by atoms with van der Waals surface area (Å²) in [7, 11) is 0. The predicted octanol–water partition coefficient (Wildman–Crippen LogP) is 2.85. The van der Waals surface area contributed by atoms with Crippen molar-refractivity contribution >= 4 is 23.2 Å². The van der Waals surface area contributed by atoms with E-state index in [1.54, 1.807) is 17.5 Å². The summed E-state index contributed by atoms with van der Waals surface area (Å²) >= 11 is 1.65. The Hall–Kier alpha value is -2.03. The van der Waals surface area contributed by atoms with Crippen molar-refractivity contribution in [3.05, 3.63) is 29.8 Å². The highest BCUT2D eigenvalue weighted by molar-refractivity contribution is 7.13. The van der Waals surface area contributed by atoms with Crippen LogP contribution in [0.25, 0.3) is 10.6 Å². The number of hydrogen-bond donors (Lipinski definition) is 2. The van der Waals surface area contributed by atoms with Crippen LogP contribution in [0, 0.1) is 5.92 Å². The second-order valence-corrected chi connectivity index (χ2v) is 8.99. The van der Waals surface area contributed by atoms with Crippen molar-refractivity contribution in [3.8, 4) is 10.6 Å². The van der Waals surface area contributed by atoms with Gasteiger partial charge in [-0.25, -0.2) is 9.97 Å². The van der Waals surface area contributed by atoms with E-state index in [1.165, 1.54) is 6.42 Å². The average Bonchev–Trinajstić information content (AvgIpc) is 3.49. The summed E-state index contributed by atoms with van der Waals surface area (Å²) in [5, 5.41) is 8.59. The predicted molar refractivity (Wildman–Crippen MR) is 111 cm³/mol. The Morgan fingerprint density at radius 3 is 2.66 bits per heavy atom. The maximum absolute atomic E-state index is 12.6. The second kappa shape index (κ2) is 8.38. The van der Waals surface area contributed by atoms with Crippen LogP contribution in [-0.2, 0) is 14.3 Å². The van der Waals surface area contributed by atoms with Crippen LogP contribution in [0.5, 0.6) is 0 Å². The van der Waals surface area contributed by atoms with Gasteiger partial charge in [-0.3, -0.25) is 4.79 Å². The highest BCUT2D eigenvalue weighted by Crippen LogP contribution is 2.30. The van der Waals surface area contributed by atoms with Crippen LogP contribution < -0.4 is 10.6 Å². The highest BCUT2D eigenvalue weighted by Gasteiger charge is 2.48. The van der Waals surface area contributed by atoms with Gasteiger partial charge in [0.05, 0.1) is 35.9 Å². The van der Waals surface area contributed by atoms with E-state index >= 15 is 0 Å². The molecule has 1 saturated carbocycles. The number of amides is 1. The zero-order chi connectivity index (χ0) is 19.6. The van der Waals surface area contributed by atoms with E-state index in [2.05, 4.69) is 20.6 Å². The third-order valence-electron chi connectivity index (χ3n) is 6.10. The van der Waals surface area contributed by atoms with Crippen LogP contribution in [0.3, 0.4) is 0 Å². The summed E-state index contributed by atoms with van der Waals surface area (Å²) in [5.74, 6) is 0.876. The number of nitrogens with zero attached hydrogens (tertiary/aromatic N) is 2. The van der Waals surface area contributed by atoms with Gasteiger partial charge in [0.15, 0.2) is 0 Å². The van der Waals surface area contributed by atoms with Gasteiger partial charge >= 0.3 is 0 Å². The molecule has 0 bridgehead atoms. The first-order valence-electron chi connectivity index (χ1n) is 10.4. The first kappa shape index (κ1) is 19.0. The van der Waals surface area contributed by atoms with E-state index in [4.69, 9.17) is 9.47 Å². The number of fused-ring (bicyclic) bond motifs is 1. The Labute approximate surface area is 174 Å². The Morgan fingerprint density at radius 2 is 1.86 bits per heavy atom. The number of hydrogen-bond acceptors (Lipinski definition) is 7. The van der Waals surface area contributed by atoms with E-state index in [9.17, 15) is 4.79 Å². The number of anilines is 1. The van der Waals surface area contributed by atoms with Crippen molar-refractivity contribution in [3.63, 3.8) is 0 Å². The van der Waals surface area contributed by atoms with E-state index in [1.807, 2.05) is 23.6 Å². The summed E-state index contributed by atoms with van der Waals surface area (Å²) in [6.45, 7) is 1.000. The third kappa shape index (κ3) is 4.01. The van der Waals surface area contributed by atoms with Gasteiger partial charge in [-0.1, -0.05) is 25.3 Å². The molecule has 2 saturated heterocycles. The summed E-state index contributed by atoms with van der Waals surface area (Å²) in [6.07, 6.45) is 7.07. The molecule has 3 aliphatic rings. The van der Waals surface area contributed by atoms with Gasteiger partial charge in [0.1, 0.15) is 12.2 Å². The molecule has 8 heteroatoms. The molecular formula is C21H26N4O3S. The number of aromatic nitrogens is 2. The normalized spacial score (nSPS) is 29.5. The van der Waals surface area contributed by atoms with Crippen molar-refractivity contribution in [2.45, 2.75) is 56.4 Å². The van der Waals surface area contributed by atoms with Crippen LogP contribution >= 0.6 is 11.3 Å². The fraction of sp³-hybridized carbons (Fsp3) is 0.571. The molecule has 4 heterocycles. The number of carbonyl (C=O) groups is 1. The first-order valence-corrected chi connectivity index (χ1v) is 11.3. The SMILES string of the molecule is O=C(N[C@H]1CO[C@H]2[C@H]1OC[C@H]2Nc1nccc(-c2cccs2)n1)C1CCCCC1. The molecule has 0 spiro atoms. The molecule has 2 aromatic heterocycles. The van der Waals surface area contributed by atoms with Crippen LogP contribution in [0.4, 0.5) is 5.95 Å². The minimum Gasteiger partial charge on any atom is -0.371 e. The Balaban J connectivity index is 1.20. The lowest BCUT2D eigenvalue weighted by Gasteiger charge is -2.24. The molecule has 4 atom stereocenters. The molecule has 7 nitrogen and oxygen atoms in total. The number of nitrogens with one attached hydrogen (secondary N) is 2. The average molecular weight is 415 g/mol. The van der Waals surface area contributed by atoms with E-state index in [0.29, 0.717) is 19.2 Å².